The molecule has 0 saturated carbocycles. The number of hydrogen-bond acceptors (Lipinski definition) is 6. The minimum absolute atomic E-state index is 0.242. The lowest BCUT2D eigenvalue weighted by Gasteiger charge is -2.30. The summed E-state index contributed by atoms with van der Waals surface area (Å²) in [5.41, 5.74) is 2.02. The monoisotopic (exact) mass is 346 g/mol. The summed E-state index contributed by atoms with van der Waals surface area (Å²) in [4.78, 5) is 24.2. The van der Waals surface area contributed by atoms with Gasteiger partial charge in [-0.25, -0.2) is 9.59 Å². The van der Waals surface area contributed by atoms with Crippen LogP contribution < -0.4 is 0 Å². The Kier molecular flexibility index (Phi) is 4.21. The molecule has 6 nitrogen and oxygen atoms in total. The lowest BCUT2D eigenvalue weighted by molar-refractivity contribution is -0.178. The fourth-order valence-corrected chi connectivity index (χ4v) is 3.64. The van der Waals surface area contributed by atoms with Gasteiger partial charge in [0.05, 0.1) is 5.92 Å². The Hall–Kier alpha value is -2.18. The highest BCUT2D eigenvalue weighted by Crippen LogP contribution is 2.43. The number of aliphatic hydroxyl groups is 1. The van der Waals surface area contributed by atoms with E-state index in [4.69, 9.17) is 14.2 Å². The van der Waals surface area contributed by atoms with E-state index in [9.17, 15) is 14.7 Å². The van der Waals surface area contributed by atoms with E-state index < -0.39 is 42.0 Å². The third kappa shape index (κ3) is 3.07. The van der Waals surface area contributed by atoms with Gasteiger partial charge in [-0.2, -0.15) is 0 Å². The molecule has 0 aromatic rings. The van der Waals surface area contributed by atoms with Gasteiger partial charge in [0.1, 0.15) is 18.3 Å². The SMILES string of the molecule is C=C(C)C(=O)O[C@H]1C/C(C)=C\C2(O)C=C(C)C(O2)[C@H]2OC(=O)C(=C)[C@H]12. The van der Waals surface area contributed by atoms with Crippen molar-refractivity contribution in [3.05, 3.63) is 47.6 Å². The van der Waals surface area contributed by atoms with Crippen molar-refractivity contribution in [1.29, 1.82) is 0 Å². The number of esters is 2. The van der Waals surface area contributed by atoms with Gasteiger partial charge in [-0.15, -0.1) is 0 Å². The Morgan fingerprint density at radius 3 is 2.72 bits per heavy atom. The fourth-order valence-electron chi connectivity index (χ4n) is 3.64. The molecule has 1 fully saturated rings. The van der Waals surface area contributed by atoms with Crippen molar-refractivity contribution >= 4 is 11.9 Å². The van der Waals surface area contributed by atoms with E-state index >= 15 is 0 Å². The number of carbonyl (C=O) groups excluding carboxylic acids is 2. The molecule has 3 rings (SSSR count). The minimum atomic E-state index is -1.56. The highest BCUT2D eigenvalue weighted by atomic mass is 16.7. The van der Waals surface area contributed by atoms with Gasteiger partial charge in [0.15, 0.2) is 0 Å². The quantitative estimate of drug-likeness (QED) is 0.468. The number of ether oxygens (including phenoxy) is 3. The normalized spacial score (nSPS) is 39.2. The molecule has 2 bridgehead atoms. The summed E-state index contributed by atoms with van der Waals surface area (Å²) >= 11 is 0. The van der Waals surface area contributed by atoms with Gasteiger partial charge < -0.3 is 19.3 Å². The van der Waals surface area contributed by atoms with Gasteiger partial charge in [-0.1, -0.05) is 18.7 Å². The van der Waals surface area contributed by atoms with E-state index in [1.165, 1.54) is 0 Å². The van der Waals surface area contributed by atoms with Gasteiger partial charge >= 0.3 is 11.9 Å². The second kappa shape index (κ2) is 5.97. The Morgan fingerprint density at radius 1 is 1.40 bits per heavy atom. The van der Waals surface area contributed by atoms with Crippen LogP contribution in [-0.4, -0.2) is 41.1 Å². The zero-order chi connectivity index (χ0) is 18.5. The molecule has 0 spiro atoms. The summed E-state index contributed by atoms with van der Waals surface area (Å²) in [7, 11) is 0. The molecular weight excluding hydrogens is 324 g/mol. The molecule has 1 N–H and O–H groups in total. The van der Waals surface area contributed by atoms with Gasteiger partial charge in [0.25, 0.3) is 0 Å². The van der Waals surface area contributed by atoms with Crippen LogP contribution >= 0.6 is 0 Å². The minimum Gasteiger partial charge on any atom is -0.458 e. The van der Waals surface area contributed by atoms with Gasteiger partial charge in [-0.3, -0.25) is 0 Å². The van der Waals surface area contributed by atoms with Crippen molar-refractivity contribution in [3.63, 3.8) is 0 Å². The van der Waals surface area contributed by atoms with E-state index in [-0.39, 0.29) is 11.1 Å². The Labute approximate surface area is 146 Å². The molecule has 1 saturated heterocycles. The van der Waals surface area contributed by atoms with Gasteiger partial charge in [-0.05, 0) is 38.5 Å². The number of rotatable bonds is 2. The summed E-state index contributed by atoms with van der Waals surface area (Å²) in [5.74, 6) is -3.21. The smallest absolute Gasteiger partial charge is 0.334 e. The maximum atomic E-state index is 12.1. The van der Waals surface area contributed by atoms with Crippen LogP contribution in [0.4, 0.5) is 0 Å². The molecule has 3 aliphatic rings. The van der Waals surface area contributed by atoms with Crippen LogP contribution in [0.15, 0.2) is 47.6 Å². The maximum Gasteiger partial charge on any atom is 0.334 e. The highest BCUT2D eigenvalue weighted by molar-refractivity contribution is 5.91. The molecule has 3 aliphatic heterocycles. The van der Waals surface area contributed by atoms with Gasteiger partial charge in [0, 0.05) is 17.6 Å². The first-order valence-electron chi connectivity index (χ1n) is 8.15. The molecule has 0 radical (unpaired) electrons. The predicted molar refractivity (Wildman–Crippen MR) is 89.2 cm³/mol. The number of hydrogen-bond donors (Lipinski definition) is 1. The van der Waals surface area contributed by atoms with Crippen molar-refractivity contribution in [2.24, 2.45) is 5.92 Å². The first-order chi connectivity index (χ1) is 11.6. The standard InChI is InChI=1S/C19H22O6/c1-9(2)17(20)23-13-6-10(3)7-19(22)8-11(4)15(25-19)16-14(13)12(5)18(21)24-16/h7-8,13-16,22H,1,5-6H2,2-4H3/b10-7-/t13-,14+,15?,16-,19?/m0/s1. The van der Waals surface area contributed by atoms with Crippen molar-refractivity contribution in [3.8, 4) is 0 Å². The molecule has 2 unspecified atom stereocenters. The van der Waals surface area contributed by atoms with Crippen LogP contribution in [0.2, 0.25) is 0 Å². The molecule has 134 valence electrons. The molecule has 0 aromatic carbocycles. The summed E-state index contributed by atoms with van der Waals surface area (Å²) in [6.45, 7) is 12.6. The first kappa shape index (κ1) is 17.6. The second-order valence-corrected chi connectivity index (χ2v) is 7.02. The Bertz CT molecular complexity index is 730. The van der Waals surface area contributed by atoms with E-state index in [0.29, 0.717) is 6.42 Å². The third-order valence-electron chi connectivity index (χ3n) is 4.74. The average Bonchev–Trinajstić information content (AvgIpc) is 2.95. The van der Waals surface area contributed by atoms with Crippen LogP contribution in [0.5, 0.6) is 0 Å². The molecule has 0 amide bonds. The molecule has 5 atom stereocenters. The van der Waals surface area contributed by atoms with Crippen LogP contribution in [0.1, 0.15) is 27.2 Å². The molecule has 0 aliphatic carbocycles. The third-order valence-corrected chi connectivity index (χ3v) is 4.74. The lowest BCUT2D eigenvalue weighted by Crippen LogP contribution is -2.41. The van der Waals surface area contributed by atoms with Crippen molar-refractivity contribution in [1.82, 2.24) is 0 Å². The number of fused-ring (bicyclic) bond motifs is 4. The Morgan fingerprint density at radius 2 is 2.08 bits per heavy atom. The van der Waals surface area contributed by atoms with E-state index in [0.717, 1.165) is 11.1 Å². The lowest BCUT2D eigenvalue weighted by atomic mass is 9.83. The van der Waals surface area contributed by atoms with Crippen molar-refractivity contribution in [2.75, 3.05) is 0 Å². The molecule has 25 heavy (non-hydrogen) atoms. The molecule has 3 heterocycles. The fraction of sp³-hybridized carbons (Fsp3) is 0.474. The second-order valence-electron chi connectivity index (χ2n) is 7.02. The average molecular weight is 346 g/mol. The summed E-state index contributed by atoms with van der Waals surface area (Å²) in [6.07, 6.45) is 1.50. The summed E-state index contributed by atoms with van der Waals surface area (Å²) < 4.78 is 16.8. The van der Waals surface area contributed by atoms with Crippen LogP contribution in [-0.2, 0) is 23.8 Å². The first-order valence-corrected chi connectivity index (χ1v) is 8.15. The van der Waals surface area contributed by atoms with Crippen molar-refractivity contribution in [2.45, 2.75) is 51.3 Å². The predicted octanol–water partition coefficient (Wildman–Crippen LogP) is 1.96. The van der Waals surface area contributed by atoms with Gasteiger partial charge in [0.2, 0.25) is 5.79 Å². The van der Waals surface area contributed by atoms with Crippen LogP contribution in [0.3, 0.4) is 0 Å². The maximum absolute atomic E-state index is 12.1. The van der Waals surface area contributed by atoms with E-state index in [1.807, 2.05) is 0 Å². The zero-order valence-electron chi connectivity index (χ0n) is 14.6. The van der Waals surface area contributed by atoms with Crippen LogP contribution in [0.25, 0.3) is 0 Å². The van der Waals surface area contributed by atoms with E-state index in [2.05, 4.69) is 13.2 Å². The topological polar surface area (TPSA) is 82.1 Å². The summed E-state index contributed by atoms with van der Waals surface area (Å²) in [5, 5.41) is 10.6. The Balaban J connectivity index is 2.05. The van der Waals surface area contributed by atoms with E-state index in [1.54, 1.807) is 32.9 Å². The molecule has 0 aromatic heterocycles. The highest BCUT2D eigenvalue weighted by Gasteiger charge is 2.53. The van der Waals surface area contributed by atoms with Crippen molar-refractivity contribution < 1.29 is 28.9 Å². The summed E-state index contributed by atoms with van der Waals surface area (Å²) in [6, 6.07) is 0. The largest absolute Gasteiger partial charge is 0.458 e. The molecular formula is C19H22O6. The molecule has 6 heteroatoms. The number of carbonyl (C=O) groups is 2. The van der Waals surface area contributed by atoms with Crippen LogP contribution in [0, 0.1) is 5.92 Å². The zero-order valence-corrected chi connectivity index (χ0v) is 14.6.